The molecular weight excluding hydrogens is 699 g/mol. The summed E-state index contributed by atoms with van der Waals surface area (Å²) in [7, 11) is 0. The Kier molecular flexibility index (Phi) is 11.7. The minimum atomic E-state index is -3.07. The summed E-state index contributed by atoms with van der Waals surface area (Å²) in [5.74, 6) is -0.323. The smallest absolute Gasteiger partial charge is 0.387 e. The second kappa shape index (κ2) is 16.5. The minimum Gasteiger partial charge on any atom is -0.619 e. The van der Waals surface area contributed by atoms with Crippen molar-refractivity contribution in [3.05, 3.63) is 165 Å². The van der Waals surface area contributed by atoms with Gasteiger partial charge in [0.15, 0.2) is 23.9 Å². The average molecular weight is 735 g/mol. The van der Waals surface area contributed by atoms with Crippen LogP contribution in [0.3, 0.4) is 0 Å². The fraction of sp³-hybridized carbons (Fsp3) is 0.250. The van der Waals surface area contributed by atoms with Gasteiger partial charge in [0.25, 0.3) is 0 Å². The second-order valence-corrected chi connectivity index (χ2v) is 13.0. The predicted octanol–water partition coefficient (Wildman–Crippen LogP) is 9.24. The molecule has 4 aromatic carbocycles. The van der Waals surface area contributed by atoms with E-state index in [0.717, 1.165) is 41.9 Å². The van der Waals surface area contributed by atoms with E-state index in [4.69, 9.17) is 42.1 Å². The van der Waals surface area contributed by atoms with Crippen molar-refractivity contribution < 1.29 is 37.3 Å². The van der Waals surface area contributed by atoms with Crippen molar-refractivity contribution in [2.24, 2.45) is 5.92 Å². The monoisotopic (exact) mass is 733 g/mol. The molecule has 1 heterocycles. The number of ether oxygens (including phenoxy) is 4. The van der Waals surface area contributed by atoms with Gasteiger partial charge in [-0.2, -0.15) is 13.5 Å². The summed E-state index contributed by atoms with van der Waals surface area (Å²) in [6.45, 7) is -2.76. The Morgan fingerprint density at radius 1 is 0.824 bits per heavy atom. The number of nitrogens with zero attached hydrogens (tertiary/aromatic N) is 1. The molecule has 1 atom stereocenters. The average Bonchev–Trinajstić information content (AvgIpc) is 3.96. The normalized spacial score (nSPS) is 13.5. The molecule has 11 heteroatoms. The van der Waals surface area contributed by atoms with E-state index >= 15 is 0 Å². The number of aromatic nitrogens is 1. The van der Waals surface area contributed by atoms with Gasteiger partial charge in [-0.05, 0) is 53.1 Å². The Balaban J connectivity index is 1.28. The van der Waals surface area contributed by atoms with Crippen LogP contribution in [-0.2, 0) is 26.3 Å². The van der Waals surface area contributed by atoms with Gasteiger partial charge in [-0.15, -0.1) is 0 Å². The van der Waals surface area contributed by atoms with Crippen LogP contribution in [0.4, 0.5) is 8.78 Å². The van der Waals surface area contributed by atoms with Gasteiger partial charge >= 0.3 is 12.6 Å². The molecule has 0 spiro atoms. The molecule has 1 aliphatic rings. The molecule has 0 aliphatic heterocycles. The number of hydrogen-bond donors (Lipinski definition) is 0. The summed E-state index contributed by atoms with van der Waals surface area (Å²) in [6.07, 6.45) is 3.10. The second-order valence-electron chi connectivity index (χ2n) is 12.2. The molecule has 1 aromatic heterocycles. The van der Waals surface area contributed by atoms with Gasteiger partial charge in [0.2, 0.25) is 0 Å². The van der Waals surface area contributed by atoms with Crippen LogP contribution in [0.1, 0.15) is 53.2 Å². The van der Waals surface area contributed by atoms with Crippen LogP contribution in [0.5, 0.6) is 11.5 Å². The number of rotatable bonds is 16. The van der Waals surface area contributed by atoms with Gasteiger partial charge in [0, 0.05) is 12.0 Å². The third-order valence-corrected chi connectivity index (χ3v) is 9.27. The first-order chi connectivity index (χ1) is 24.7. The third-order valence-electron chi connectivity index (χ3n) is 8.61. The predicted molar refractivity (Wildman–Crippen MR) is 189 cm³/mol. The zero-order valence-electron chi connectivity index (χ0n) is 27.4. The molecule has 0 N–H and O–H groups in total. The number of hydrogen-bond acceptors (Lipinski definition) is 6. The van der Waals surface area contributed by atoms with Crippen LogP contribution in [-0.4, -0.2) is 25.8 Å². The summed E-state index contributed by atoms with van der Waals surface area (Å²) in [5, 5.41) is 12.1. The SMILES string of the molecule is O=C(CCOC(c1ccccc1)(c1ccccc1)c1ccccc1)OC(Cc1c(Cl)c[n+]([O-])cc1Cl)c1ccc(OC(F)F)c(OCC2CC2)c1. The van der Waals surface area contributed by atoms with Crippen LogP contribution in [0.2, 0.25) is 10.0 Å². The molecule has 1 aliphatic carbocycles. The largest absolute Gasteiger partial charge is 0.619 e. The molecule has 0 saturated heterocycles. The van der Waals surface area contributed by atoms with Gasteiger partial charge in [0.05, 0.1) is 19.6 Å². The summed E-state index contributed by atoms with van der Waals surface area (Å²) in [4.78, 5) is 13.7. The van der Waals surface area contributed by atoms with Gasteiger partial charge in [0.1, 0.15) is 21.8 Å². The lowest BCUT2D eigenvalue weighted by Crippen LogP contribution is -2.34. The molecule has 5 aromatic rings. The Bertz CT molecular complexity index is 1790. The van der Waals surface area contributed by atoms with Crippen molar-refractivity contribution in [1.29, 1.82) is 0 Å². The first-order valence-electron chi connectivity index (χ1n) is 16.5. The molecule has 264 valence electrons. The van der Waals surface area contributed by atoms with E-state index in [-0.39, 0.29) is 41.0 Å². The number of benzene rings is 4. The summed E-state index contributed by atoms with van der Waals surface area (Å²) in [6, 6.07) is 33.7. The van der Waals surface area contributed by atoms with E-state index in [2.05, 4.69) is 0 Å². The maximum Gasteiger partial charge on any atom is 0.387 e. The molecule has 7 nitrogen and oxygen atoms in total. The van der Waals surface area contributed by atoms with E-state index in [1.807, 2.05) is 91.0 Å². The summed E-state index contributed by atoms with van der Waals surface area (Å²) < 4.78 is 50.4. The lowest BCUT2D eigenvalue weighted by molar-refractivity contribution is -0.605. The third kappa shape index (κ3) is 8.97. The number of alkyl halides is 2. The van der Waals surface area contributed by atoms with E-state index < -0.39 is 24.3 Å². The van der Waals surface area contributed by atoms with Crippen molar-refractivity contribution >= 4 is 29.2 Å². The molecule has 1 fully saturated rings. The fourth-order valence-corrected chi connectivity index (χ4v) is 6.53. The zero-order valence-corrected chi connectivity index (χ0v) is 28.9. The Morgan fingerprint density at radius 3 is 1.88 bits per heavy atom. The minimum absolute atomic E-state index is 0.0236. The molecular formula is C40H35Cl2F2NO6. The quantitative estimate of drug-likeness (QED) is 0.0435. The van der Waals surface area contributed by atoms with E-state index in [1.165, 1.54) is 18.2 Å². The molecule has 1 saturated carbocycles. The first kappa shape index (κ1) is 36.1. The molecule has 0 amide bonds. The van der Waals surface area contributed by atoms with Crippen LogP contribution >= 0.6 is 23.2 Å². The standard InChI is InChI=1S/C40H35Cl2F2NO6/c41-33-24-45(47)25-34(42)32(33)23-36(28-18-19-35(51-39(43)44)37(22-28)48-26-27-16-17-27)50-38(46)20-21-49-40(29-10-4-1-5-11-29,30-12-6-2-7-13-30)31-14-8-3-9-15-31/h1-15,18-19,22,24-25,27,36,39H,16-17,20-21,23,26H2. The van der Waals surface area contributed by atoms with Crippen LogP contribution in [0.25, 0.3) is 0 Å². The van der Waals surface area contributed by atoms with E-state index in [0.29, 0.717) is 28.4 Å². The van der Waals surface area contributed by atoms with Crippen molar-refractivity contribution in [2.45, 2.75) is 44.0 Å². The van der Waals surface area contributed by atoms with E-state index in [9.17, 15) is 18.8 Å². The Hall–Kier alpha value is -4.70. The van der Waals surface area contributed by atoms with Gasteiger partial charge in [-0.25, -0.2) is 0 Å². The van der Waals surface area contributed by atoms with Gasteiger partial charge in [-0.1, -0.05) is 120 Å². The lowest BCUT2D eigenvalue weighted by atomic mass is 9.80. The maximum atomic E-state index is 13.7. The Labute approximate surface area is 304 Å². The summed E-state index contributed by atoms with van der Waals surface area (Å²) in [5.41, 5.74) is 2.38. The topological polar surface area (TPSA) is 80.9 Å². The van der Waals surface area contributed by atoms with Gasteiger partial charge in [-0.3, -0.25) is 4.79 Å². The van der Waals surface area contributed by atoms with Gasteiger partial charge < -0.3 is 24.2 Å². The highest BCUT2D eigenvalue weighted by Gasteiger charge is 2.38. The molecule has 51 heavy (non-hydrogen) atoms. The van der Waals surface area contributed by atoms with Crippen LogP contribution in [0, 0.1) is 11.1 Å². The number of halogens is 4. The molecule has 6 rings (SSSR count). The van der Waals surface area contributed by atoms with Crippen LogP contribution in [0.15, 0.2) is 122 Å². The maximum absolute atomic E-state index is 13.7. The van der Waals surface area contributed by atoms with Crippen molar-refractivity contribution in [3.8, 4) is 11.5 Å². The van der Waals surface area contributed by atoms with Crippen LogP contribution < -0.4 is 14.2 Å². The number of pyridine rings is 1. The summed E-state index contributed by atoms with van der Waals surface area (Å²) >= 11 is 12.8. The molecule has 1 unspecified atom stereocenters. The number of carbonyl (C=O) groups excluding carboxylic acids is 1. The first-order valence-corrected chi connectivity index (χ1v) is 17.3. The Morgan fingerprint density at radius 2 is 1.37 bits per heavy atom. The highest BCUT2D eigenvalue weighted by Crippen LogP contribution is 2.41. The highest BCUT2D eigenvalue weighted by atomic mass is 35.5. The number of carbonyl (C=O) groups is 1. The van der Waals surface area contributed by atoms with Crippen molar-refractivity contribution in [3.63, 3.8) is 0 Å². The number of esters is 1. The fourth-order valence-electron chi connectivity index (χ4n) is 5.94. The molecule has 0 radical (unpaired) electrons. The lowest BCUT2D eigenvalue weighted by Gasteiger charge is -2.36. The highest BCUT2D eigenvalue weighted by molar-refractivity contribution is 6.35. The molecule has 0 bridgehead atoms. The van der Waals surface area contributed by atoms with Crippen molar-refractivity contribution in [1.82, 2.24) is 0 Å². The van der Waals surface area contributed by atoms with E-state index in [1.54, 1.807) is 0 Å². The zero-order chi connectivity index (χ0) is 35.8. The van der Waals surface area contributed by atoms with Crippen molar-refractivity contribution in [2.75, 3.05) is 13.2 Å².